The smallest absolute Gasteiger partial charge is 0.305 e. The van der Waals surface area contributed by atoms with E-state index in [-0.39, 0.29) is 30.6 Å². The maximum Gasteiger partial charge on any atom is 0.305 e. The van der Waals surface area contributed by atoms with Crippen molar-refractivity contribution in [3.05, 3.63) is 35.9 Å². The normalized spacial score (nSPS) is 12.7. The molecule has 1 rings (SSSR count). The van der Waals surface area contributed by atoms with Gasteiger partial charge in [-0.25, -0.2) is 4.39 Å². The molecule has 0 aliphatic carbocycles. The summed E-state index contributed by atoms with van der Waals surface area (Å²) in [5.74, 6) is -1.93. The van der Waals surface area contributed by atoms with E-state index in [9.17, 15) is 23.6 Å². The second-order valence-electron chi connectivity index (χ2n) is 8.13. The number of methoxy groups -OCH3 is 1. The van der Waals surface area contributed by atoms with Gasteiger partial charge < -0.3 is 15.4 Å². The zero-order valence-electron chi connectivity index (χ0n) is 19.2. The SMILES string of the molecule is COC(=O)CCCCCCC(=O)N[C@H](C(=O)NC(Cc1ccccc1)C(=O)CF)C(C)C. The van der Waals surface area contributed by atoms with Crippen molar-refractivity contribution in [1.29, 1.82) is 0 Å². The van der Waals surface area contributed by atoms with Crippen LogP contribution >= 0.6 is 0 Å². The third-order valence-corrected chi connectivity index (χ3v) is 5.15. The van der Waals surface area contributed by atoms with E-state index >= 15 is 0 Å². The number of ether oxygens (including phenoxy) is 1. The zero-order chi connectivity index (χ0) is 23.9. The highest BCUT2D eigenvalue weighted by molar-refractivity contribution is 5.93. The van der Waals surface area contributed by atoms with Crippen LogP contribution in [0.1, 0.15) is 57.9 Å². The third-order valence-electron chi connectivity index (χ3n) is 5.15. The fourth-order valence-corrected chi connectivity index (χ4v) is 3.24. The van der Waals surface area contributed by atoms with E-state index in [2.05, 4.69) is 15.4 Å². The fraction of sp³-hybridized carbons (Fsp3) is 0.583. The Morgan fingerprint density at radius 3 is 2.12 bits per heavy atom. The molecule has 2 N–H and O–H groups in total. The van der Waals surface area contributed by atoms with Crippen molar-refractivity contribution in [3.63, 3.8) is 0 Å². The van der Waals surface area contributed by atoms with Gasteiger partial charge in [0.2, 0.25) is 11.8 Å². The Bertz CT molecular complexity index is 739. The molecule has 1 aromatic carbocycles. The Hall–Kier alpha value is -2.77. The van der Waals surface area contributed by atoms with Crippen LogP contribution in [0.2, 0.25) is 0 Å². The number of hydrogen-bond acceptors (Lipinski definition) is 5. The van der Waals surface area contributed by atoms with Gasteiger partial charge in [0.1, 0.15) is 12.7 Å². The number of Topliss-reactive ketones (excluding diaryl/α,β-unsaturated/α-hetero) is 1. The number of rotatable bonds is 15. The second kappa shape index (κ2) is 15.1. The van der Waals surface area contributed by atoms with Crippen molar-refractivity contribution < 1.29 is 28.3 Å². The van der Waals surface area contributed by atoms with Crippen LogP contribution in [0.4, 0.5) is 4.39 Å². The van der Waals surface area contributed by atoms with Gasteiger partial charge in [-0.3, -0.25) is 19.2 Å². The van der Waals surface area contributed by atoms with E-state index in [0.29, 0.717) is 19.3 Å². The van der Waals surface area contributed by atoms with Gasteiger partial charge in [-0.2, -0.15) is 0 Å². The largest absolute Gasteiger partial charge is 0.469 e. The average molecular weight is 451 g/mol. The maximum atomic E-state index is 13.1. The number of amides is 2. The Kier molecular flexibility index (Phi) is 12.9. The summed E-state index contributed by atoms with van der Waals surface area (Å²) < 4.78 is 17.6. The van der Waals surface area contributed by atoms with E-state index in [0.717, 1.165) is 18.4 Å². The van der Waals surface area contributed by atoms with Gasteiger partial charge in [-0.05, 0) is 30.7 Å². The minimum Gasteiger partial charge on any atom is -0.469 e. The number of nitrogens with one attached hydrogen (secondary N) is 2. The van der Waals surface area contributed by atoms with Gasteiger partial charge in [0.15, 0.2) is 5.78 Å². The zero-order valence-corrected chi connectivity index (χ0v) is 19.2. The van der Waals surface area contributed by atoms with Crippen LogP contribution in [-0.2, 0) is 30.3 Å². The van der Waals surface area contributed by atoms with Gasteiger partial charge in [0.05, 0.1) is 13.2 Å². The summed E-state index contributed by atoms with van der Waals surface area (Å²) in [7, 11) is 1.35. The number of benzene rings is 1. The highest BCUT2D eigenvalue weighted by atomic mass is 19.1. The molecule has 0 bridgehead atoms. The number of esters is 1. The predicted molar refractivity (Wildman–Crippen MR) is 120 cm³/mol. The molecule has 0 radical (unpaired) electrons. The number of ketones is 1. The van der Waals surface area contributed by atoms with Crippen LogP contribution in [0, 0.1) is 5.92 Å². The van der Waals surface area contributed by atoms with E-state index in [4.69, 9.17) is 0 Å². The molecule has 32 heavy (non-hydrogen) atoms. The molecule has 2 atom stereocenters. The number of alkyl halides is 1. The lowest BCUT2D eigenvalue weighted by Gasteiger charge is -2.25. The number of carbonyl (C=O) groups is 4. The summed E-state index contributed by atoms with van der Waals surface area (Å²) >= 11 is 0. The summed E-state index contributed by atoms with van der Waals surface area (Å²) in [5.41, 5.74) is 0.803. The molecule has 0 aliphatic rings. The van der Waals surface area contributed by atoms with Crippen molar-refractivity contribution in [2.75, 3.05) is 13.8 Å². The molecule has 178 valence electrons. The first-order chi connectivity index (χ1) is 15.3. The quantitative estimate of drug-likeness (QED) is 0.316. The molecule has 1 unspecified atom stereocenters. The first-order valence-corrected chi connectivity index (χ1v) is 11.1. The summed E-state index contributed by atoms with van der Waals surface area (Å²) in [6, 6.07) is 7.23. The number of carbonyl (C=O) groups excluding carboxylic acids is 4. The fourth-order valence-electron chi connectivity index (χ4n) is 3.24. The Morgan fingerprint density at radius 2 is 1.56 bits per heavy atom. The van der Waals surface area contributed by atoms with E-state index in [1.165, 1.54) is 7.11 Å². The second-order valence-corrected chi connectivity index (χ2v) is 8.13. The Balaban J connectivity index is 2.57. The van der Waals surface area contributed by atoms with Crippen LogP contribution < -0.4 is 10.6 Å². The lowest BCUT2D eigenvalue weighted by Crippen LogP contribution is -2.54. The molecule has 7 nitrogen and oxygen atoms in total. The van der Waals surface area contributed by atoms with Gasteiger partial charge in [0, 0.05) is 12.8 Å². The maximum absolute atomic E-state index is 13.1. The van der Waals surface area contributed by atoms with Crippen molar-refractivity contribution in [2.45, 2.75) is 70.9 Å². The third kappa shape index (κ3) is 10.5. The van der Waals surface area contributed by atoms with Crippen LogP contribution in [-0.4, -0.2) is 49.4 Å². The van der Waals surface area contributed by atoms with Crippen LogP contribution in [0.25, 0.3) is 0 Å². The molecular formula is C24H35FN2O5. The van der Waals surface area contributed by atoms with Crippen LogP contribution in [0.15, 0.2) is 30.3 Å². The number of hydrogen-bond donors (Lipinski definition) is 2. The minimum atomic E-state index is -1.17. The molecule has 0 saturated heterocycles. The van der Waals surface area contributed by atoms with Crippen molar-refractivity contribution >= 4 is 23.6 Å². The molecule has 0 heterocycles. The summed E-state index contributed by atoms with van der Waals surface area (Å²) in [4.78, 5) is 48.3. The van der Waals surface area contributed by atoms with Crippen LogP contribution in [0.3, 0.4) is 0 Å². The molecule has 0 saturated carbocycles. The van der Waals surface area contributed by atoms with E-state index < -0.39 is 30.4 Å². The summed E-state index contributed by atoms with van der Waals surface area (Å²) in [5, 5.41) is 5.35. The average Bonchev–Trinajstić information content (AvgIpc) is 2.78. The number of halogens is 1. The first-order valence-electron chi connectivity index (χ1n) is 11.1. The molecule has 0 fully saturated rings. The van der Waals surface area contributed by atoms with Crippen LogP contribution in [0.5, 0.6) is 0 Å². The summed E-state index contributed by atoms with van der Waals surface area (Å²) in [6.07, 6.45) is 3.73. The molecule has 1 aromatic rings. The van der Waals surface area contributed by atoms with Gasteiger partial charge in [-0.15, -0.1) is 0 Å². The standard InChI is InChI=1S/C24H35FN2O5/c1-17(2)23(27-21(29)13-9-4-5-10-14-22(30)32-3)24(31)26-19(20(28)16-25)15-18-11-7-6-8-12-18/h6-8,11-12,17,19,23H,4-5,9-10,13-16H2,1-3H3,(H,26,31)(H,27,29)/t19?,23-/m0/s1. The molecule has 8 heteroatoms. The van der Waals surface area contributed by atoms with Gasteiger partial charge in [-0.1, -0.05) is 57.0 Å². The van der Waals surface area contributed by atoms with Gasteiger partial charge in [0.25, 0.3) is 0 Å². The predicted octanol–water partition coefficient (Wildman–Crippen LogP) is 2.91. The molecular weight excluding hydrogens is 415 g/mol. The lowest BCUT2D eigenvalue weighted by atomic mass is 9.99. The monoisotopic (exact) mass is 450 g/mol. The summed E-state index contributed by atoms with van der Waals surface area (Å²) in [6.45, 7) is 2.41. The van der Waals surface area contributed by atoms with Crippen molar-refractivity contribution in [2.24, 2.45) is 5.92 Å². The van der Waals surface area contributed by atoms with Crippen molar-refractivity contribution in [3.8, 4) is 0 Å². The van der Waals surface area contributed by atoms with Gasteiger partial charge >= 0.3 is 5.97 Å². The lowest BCUT2D eigenvalue weighted by molar-refractivity contribution is -0.140. The highest BCUT2D eigenvalue weighted by Gasteiger charge is 2.28. The van der Waals surface area contributed by atoms with Crippen molar-refractivity contribution in [1.82, 2.24) is 10.6 Å². The number of unbranched alkanes of at least 4 members (excludes halogenated alkanes) is 3. The molecule has 0 aromatic heterocycles. The Morgan fingerprint density at radius 1 is 0.938 bits per heavy atom. The molecule has 0 aliphatic heterocycles. The highest BCUT2D eigenvalue weighted by Crippen LogP contribution is 2.09. The topological polar surface area (TPSA) is 102 Å². The minimum absolute atomic E-state index is 0.180. The molecule has 0 spiro atoms. The van der Waals surface area contributed by atoms with E-state index in [1.807, 2.05) is 6.07 Å². The molecule has 2 amide bonds. The van der Waals surface area contributed by atoms with E-state index in [1.54, 1.807) is 38.1 Å². The Labute approximate surface area is 189 Å². The first kappa shape index (κ1) is 27.3.